The average molecular weight is 333 g/mol. The van der Waals surface area contributed by atoms with Gasteiger partial charge in [0.1, 0.15) is 12.5 Å². The fraction of sp³-hybridized carbons (Fsp3) is 0.615. The van der Waals surface area contributed by atoms with Crippen LogP contribution in [0.2, 0.25) is 0 Å². The first-order valence-electron chi connectivity index (χ1n) is 6.58. The summed E-state index contributed by atoms with van der Waals surface area (Å²) >= 11 is 0.540. The minimum atomic E-state index is -1.03. The molecule has 0 aliphatic carbocycles. The van der Waals surface area contributed by atoms with Crippen LogP contribution in [0.15, 0.2) is 0 Å². The number of ether oxygens (including phenoxy) is 2. The number of methoxy groups -OCH3 is 1. The molecule has 0 fully saturated rings. The number of hydrogen-bond donors (Lipinski definition) is 1. The van der Waals surface area contributed by atoms with Crippen LogP contribution in [0.1, 0.15) is 26.7 Å². The van der Waals surface area contributed by atoms with Crippen LogP contribution in [-0.2, 0) is 33.4 Å². The first-order chi connectivity index (χ1) is 10.3. The molecule has 0 aromatic carbocycles. The zero-order valence-electron chi connectivity index (χ0n) is 12.7. The van der Waals surface area contributed by atoms with Crippen molar-refractivity contribution in [2.45, 2.75) is 32.7 Å². The zero-order chi connectivity index (χ0) is 17.1. The van der Waals surface area contributed by atoms with Gasteiger partial charge >= 0.3 is 11.9 Å². The van der Waals surface area contributed by atoms with E-state index in [1.54, 1.807) is 13.8 Å². The Morgan fingerprint density at radius 1 is 1.14 bits per heavy atom. The van der Waals surface area contributed by atoms with Crippen molar-refractivity contribution in [2.24, 2.45) is 0 Å². The molecule has 1 unspecified atom stereocenters. The molecular formula is C13H19NO7S. The lowest BCUT2D eigenvalue weighted by Gasteiger charge is -2.15. The monoisotopic (exact) mass is 333 g/mol. The smallest absolute Gasteiger partial charge is 0.329 e. The van der Waals surface area contributed by atoms with E-state index in [9.17, 15) is 24.0 Å². The van der Waals surface area contributed by atoms with Crippen LogP contribution < -0.4 is 5.32 Å². The molecule has 1 N–H and O–H groups in total. The van der Waals surface area contributed by atoms with Gasteiger partial charge in [-0.15, -0.1) is 0 Å². The fourth-order valence-electron chi connectivity index (χ4n) is 1.22. The number of rotatable bonds is 9. The maximum Gasteiger partial charge on any atom is 0.329 e. The van der Waals surface area contributed by atoms with Crippen molar-refractivity contribution < 1.29 is 33.4 Å². The Hall–Kier alpha value is -1.90. The SMILES string of the molecule is CCOC(=O)C(CSC(=O)C(=O)CC(=O)OC)NC(=O)CC. The molecule has 0 radical (unpaired) electrons. The van der Waals surface area contributed by atoms with Crippen LogP contribution in [0.25, 0.3) is 0 Å². The van der Waals surface area contributed by atoms with Gasteiger partial charge in [-0.1, -0.05) is 18.7 Å². The number of nitrogens with one attached hydrogen (secondary N) is 1. The van der Waals surface area contributed by atoms with E-state index in [0.717, 1.165) is 7.11 Å². The number of hydrogen-bond acceptors (Lipinski definition) is 8. The fourth-order valence-corrected chi connectivity index (χ4v) is 1.99. The van der Waals surface area contributed by atoms with Gasteiger partial charge in [-0.05, 0) is 6.92 Å². The Labute approximate surface area is 132 Å². The molecule has 1 amide bonds. The second kappa shape index (κ2) is 10.8. The third kappa shape index (κ3) is 7.77. The highest BCUT2D eigenvalue weighted by Gasteiger charge is 2.25. The number of esters is 2. The summed E-state index contributed by atoms with van der Waals surface area (Å²) in [5, 5.41) is 1.52. The van der Waals surface area contributed by atoms with E-state index in [4.69, 9.17) is 4.74 Å². The highest BCUT2D eigenvalue weighted by atomic mass is 32.2. The van der Waals surface area contributed by atoms with Crippen LogP contribution >= 0.6 is 11.8 Å². The Balaban J connectivity index is 4.57. The van der Waals surface area contributed by atoms with Crippen molar-refractivity contribution >= 4 is 40.5 Å². The van der Waals surface area contributed by atoms with Crippen molar-refractivity contribution in [1.29, 1.82) is 0 Å². The number of carbonyl (C=O) groups is 5. The van der Waals surface area contributed by atoms with Gasteiger partial charge in [0.25, 0.3) is 5.12 Å². The third-order valence-electron chi connectivity index (χ3n) is 2.37. The molecule has 0 saturated heterocycles. The summed E-state index contributed by atoms with van der Waals surface area (Å²) in [5.74, 6) is -2.98. The van der Waals surface area contributed by atoms with Gasteiger partial charge in [0.05, 0.1) is 13.7 Å². The van der Waals surface area contributed by atoms with Crippen LogP contribution in [0.5, 0.6) is 0 Å². The maximum atomic E-state index is 11.7. The zero-order valence-corrected chi connectivity index (χ0v) is 13.5. The number of thioether (sulfide) groups is 1. The first kappa shape index (κ1) is 20.1. The molecule has 0 aromatic rings. The van der Waals surface area contributed by atoms with Crippen LogP contribution in [0.3, 0.4) is 0 Å². The third-order valence-corrected chi connectivity index (χ3v) is 3.36. The summed E-state index contributed by atoms with van der Waals surface area (Å²) < 4.78 is 9.07. The van der Waals surface area contributed by atoms with Gasteiger partial charge in [0, 0.05) is 12.2 Å². The lowest BCUT2D eigenvalue weighted by Crippen LogP contribution is -2.43. The van der Waals surface area contributed by atoms with E-state index in [1.807, 2.05) is 0 Å². The Morgan fingerprint density at radius 3 is 2.27 bits per heavy atom. The second-order valence-electron chi connectivity index (χ2n) is 4.00. The molecule has 8 nitrogen and oxygen atoms in total. The second-order valence-corrected chi connectivity index (χ2v) is 4.99. The molecule has 0 rings (SSSR count). The van der Waals surface area contributed by atoms with Crippen molar-refractivity contribution in [3.8, 4) is 0 Å². The first-order valence-corrected chi connectivity index (χ1v) is 7.56. The molecule has 0 spiro atoms. The molecule has 0 heterocycles. The summed E-state index contributed by atoms with van der Waals surface area (Å²) in [5.41, 5.74) is 0. The molecule has 1 atom stereocenters. The largest absolute Gasteiger partial charge is 0.469 e. The molecule has 9 heteroatoms. The predicted octanol–water partition coefficient (Wildman–Crippen LogP) is -0.164. The van der Waals surface area contributed by atoms with E-state index in [2.05, 4.69) is 10.1 Å². The lowest BCUT2D eigenvalue weighted by molar-refractivity contribution is -0.147. The van der Waals surface area contributed by atoms with Gasteiger partial charge in [-0.2, -0.15) is 0 Å². The maximum absolute atomic E-state index is 11.7. The number of amides is 1. The van der Waals surface area contributed by atoms with Gasteiger partial charge in [-0.25, -0.2) is 4.79 Å². The van der Waals surface area contributed by atoms with E-state index in [1.165, 1.54) is 0 Å². The Morgan fingerprint density at radius 2 is 1.77 bits per heavy atom. The molecule has 0 aliphatic heterocycles. The number of ketones is 1. The van der Waals surface area contributed by atoms with Crippen molar-refractivity contribution in [1.82, 2.24) is 5.32 Å². The predicted molar refractivity (Wildman–Crippen MR) is 78.0 cm³/mol. The molecule has 124 valence electrons. The van der Waals surface area contributed by atoms with Gasteiger partial charge in [0.15, 0.2) is 0 Å². The minimum absolute atomic E-state index is 0.122. The standard InChI is InChI=1S/C13H19NO7S/c1-4-10(16)14-8(12(18)21-5-2)7-22-13(19)9(15)6-11(17)20-3/h8H,4-7H2,1-3H3,(H,14,16). The Bertz CT molecular complexity index is 450. The normalized spacial score (nSPS) is 11.2. The topological polar surface area (TPSA) is 116 Å². The minimum Gasteiger partial charge on any atom is -0.469 e. The summed E-state index contributed by atoms with van der Waals surface area (Å²) in [7, 11) is 1.10. The van der Waals surface area contributed by atoms with E-state index in [-0.39, 0.29) is 24.7 Å². The number of Topliss-reactive ketones (excluding diaryl/α,β-unsaturated/α-hetero) is 1. The summed E-state index contributed by atoms with van der Waals surface area (Å²) in [4.78, 5) is 56.9. The molecular weight excluding hydrogens is 314 g/mol. The lowest BCUT2D eigenvalue weighted by atomic mass is 10.3. The summed E-state index contributed by atoms with van der Waals surface area (Å²) in [6.07, 6.45) is -0.497. The molecule has 0 bridgehead atoms. The summed E-state index contributed by atoms with van der Waals surface area (Å²) in [6, 6.07) is -1.03. The Kier molecular flexibility index (Phi) is 9.84. The molecule has 0 aliphatic rings. The average Bonchev–Trinajstić information content (AvgIpc) is 2.50. The van der Waals surface area contributed by atoms with Crippen LogP contribution in [-0.4, -0.2) is 54.3 Å². The van der Waals surface area contributed by atoms with Gasteiger partial charge in [0.2, 0.25) is 11.7 Å². The van der Waals surface area contributed by atoms with Crippen molar-refractivity contribution in [3.63, 3.8) is 0 Å². The molecule has 0 saturated carbocycles. The summed E-state index contributed by atoms with van der Waals surface area (Å²) in [6.45, 7) is 3.34. The van der Waals surface area contributed by atoms with Gasteiger partial charge < -0.3 is 14.8 Å². The van der Waals surface area contributed by atoms with Gasteiger partial charge in [-0.3, -0.25) is 19.2 Å². The highest BCUT2D eigenvalue weighted by Crippen LogP contribution is 2.09. The van der Waals surface area contributed by atoms with Crippen LogP contribution in [0.4, 0.5) is 0 Å². The van der Waals surface area contributed by atoms with Crippen LogP contribution in [0, 0.1) is 0 Å². The van der Waals surface area contributed by atoms with Crippen molar-refractivity contribution in [3.05, 3.63) is 0 Å². The van der Waals surface area contributed by atoms with E-state index >= 15 is 0 Å². The molecule has 22 heavy (non-hydrogen) atoms. The van der Waals surface area contributed by atoms with Crippen molar-refractivity contribution in [2.75, 3.05) is 19.5 Å². The molecule has 0 aromatic heterocycles. The number of carbonyl (C=O) groups excluding carboxylic acids is 5. The van der Waals surface area contributed by atoms with E-state index < -0.39 is 35.3 Å². The highest BCUT2D eigenvalue weighted by molar-refractivity contribution is 8.15. The quantitative estimate of drug-likeness (QED) is 0.351. The van der Waals surface area contributed by atoms with E-state index in [0.29, 0.717) is 11.8 Å².